The molecule has 0 radical (unpaired) electrons. The van der Waals surface area contributed by atoms with Crippen molar-refractivity contribution in [1.82, 2.24) is 4.57 Å². The molecule has 0 aliphatic carbocycles. The number of halogens is 1. The molecule has 17 heavy (non-hydrogen) atoms. The largest absolute Gasteiger partial charge is 1.00 e. The van der Waals surface area contributed by atoms with E-state index in [1.165, 1.54) is 11.3 Å². The quantitative estimate of drug-likeness (QED) is 0.490. The van der Waals surface area contributed by atoms with Crippen LogP contribution in [0.25, 0.3) is 0 Å². The molecule has 0 amide bonds. The molecule has 0 unspecified atom stereocenters. The number of rotatable bonds is 3. The third kappa shape index (κ3) is 3.00. The van der Waals surface area contributed by atoms with E-state index >= 15 is 0 Å². The van der Waals surface area contributed by atoms with Crippen molar-refractivity contribution in [1.29, 1.82) is 0 Å². The first-order valence-corrected chi connectivity index (χ1v) is 5.38. The Morgan fingerprint density at radius 3 is 2.35 bits per heavy atom. The van der Waals surface area contributed by atoms with Gasteiger partial charge in [-0.25, -0.2) is 4.57 Å². The number of nitrogens with zero attached hydrogens (tertiary/aromatic N) is 2. The van der Waals surface area contributed by atoms with Crippen LogP contribution in [0.15, 0.2) is 36.7 Å². The Morgan fingerprint density at radius 2 is 1.82 bits per heavy atom. The second-order valence-corrected chi connectivity index (χ2v) is 3.91. The molecule has 1 aromatic heterocycles. The molecule has 92 valence electrons. The fraction of sp³-hybridized carbons (Fsp3) is 0.308. The first kappa shape index (κ1) is 14.0. The Morgan fingerprint density at radius 1 is 1.18 bits per heavy atom. The van der Waals surface area contributed by atoms with E-state index in [2.05, 4.69) is 42.7 Å². The normalized spacial score (nSPS) is 9.82. The zero-order valence-corrected chi connectivity index (χ0v) is 12.5. The monoisotopic (exact) mass is 344 g/mol. The van der Waals surface area contributed by atoms with E-state index in [-0.39, 0.29) is 24.0 Å². The second-order valence-electron chi connectivity index (χ2n) is 3.91. The Balaban J connectivity index is 0.00000144. The van der Waals surface area contributed by atoms with Gasteiger partial charge >= 0.3 is 0 Å². The molecular formula is C13H17IN2O. The molecule has 1 heterocycles. The van der Waals surface area contributed by atoms with Gasteiger partial charge in [0.1, 0.15) is 19.3 Å². The Bertz CT molecular complexity index is 480. The van der Waals surface area contributed by atoms with Gasteiger partial charge in [0, 0.05) is 13.8 Å². The van der Waals surface area contributed by atoms with Crippen molar-refractivity contribution in [2.75, 3.05) is 7.11 Å². The van der Waals surface area contributed by atoms with Crippen LogP contribution < -0.4 is 33.5 Å². The Labute approximate surface area is 119 Å². The van der Waals surface area contributed by atoms with Crippen molar-refractivity contribution in [3.8, 4) is 0 Å². The molecule has 0 saturated heterocycles. The molecule has 2 aromatic rings. The molecule has 4 heteroatoms. The minimum Gasteiger partial charge on any atom is -1.00 e. The van der Waals surface area contributed by atoms with Gasteiger partial charge in [-0.05, 0) is 10.3 Å². The van der Waals surface area contributed by atoms with Gasteiger partial charge < -0.3 is 28.8 Å². The van der Waals surface area contributed by atoms with Crippen molar-refractivity contribution < 1.29 is 33.5 Å². The third-order valence-electron chi connectivity index (χ3n) is 2.92. The van der Waals surface area contributed by atoms with E-state index in [4.69, 9.17) is 4.84 Å². The SMILES string of the molecule is CO[n+]1cn(Cc2ccccc2)c(C)c1C.[I-]. The van der Waals surface area contributed by atoms with Gasteiger partial charge in [-0.1, -0.05) is 30.3 Å². The summed E-state index contributed by atoms with van der Waals surface area (Å²) in [5.41, 5.74) is 3.66. The molecule has 0 saturated carbocycles. The van der Waals surface area contributed by atoms with Gasteiger partial charge in [-0.15, -0.1) is 0 Å². The van der Waals surface area contributed by atoms with Gasteiger partial charge in [0.05, 0.1) is 0 Å². The third-order valence-corrected chi connectivity index (χ3v) is 2.92. The van der Waals surface area contributed by atoms with Gasteiger partial charge in [-0.3, -0.25) is 0 Å². The van der Waals surface area contributed by atoms with Crippen molar-refractivity contribution in [3.63, 3.8) is 0 Å². The first-order chi connectivity index (χ1) is 7.72. The molecule has 0 N–H and O–H groups in total. The summed E-state index contributed by atoms with van der Waals surface area (Å²) >= 11 is 0. The number of hydrogen-bond donors (Lipinski definition) is 0. The Hall–Kier alpha value is -1.04. The van der Waals surface area contributed by atoms with E-state index < -0.39 is 0 Å². The molecule has 2 rings (SSSR count). The minimum absolute atomic E-state index is 0. The predicted octanol–water partition coefficient (Wildman–Crippen LogP) is -1.50. The first-order valence-electron chi connectivity index (χ1n) is 5.38. The highest BCUT2D eigenvalue weighted by Gasteiger charge is 2.16. The average Bonchev–Trinajstić information content (AvgIpc) is 2.58. The van der Waals surface area contributed by atoms with Crippen LogP contribution in [0, 0.1) is 13.8 Å². The van der Waals surface area contributed by atoms with Crippen molar-refractivity contribution in [2.24, 2.45) is 0 Å². The lowest BCUT2D eigenvalue weighted by Crippen LogP contribution is -3.00. The lowest BCUT2D eigenvalue weighted by Gasteiger charge is -1.98. The molecule has 0 atom stereocenters. The van der Waals surface area contributed by atoms with Crippen molar-refractivity contribution in [2.45, 2.75) is 20.4 Å². The van der Waals surface area contributed by atoms with Crippen LogP contribution in [0.1, 0.15) is 17.0 Å². The number of aromatic nitrogens is 2. The summed E-state index contributed by atoms with van der Waals surface area (Å²) in [6, 6.07) is 10.4. The van der Waals surface area contributed by atoms with Crippen LogP contribution in [0.3, 0.4) is 0 Å². The molecule has 0 aliphatic heterocycles. The van der Waals surface area contributed by atoms with E-state index in [0.29, 0.717) is 0 Å². The topological polar surface area (TPSA) is 18.0 Å². The van der Waals surface area contributed by atoms with Crippen LogP contribution >= 0.6 is 0 Å². The smallest absolute Gasteiger partial charge is 0.285 e. The molecule has 0 spiro atoms. The highest BCUT2D eigenvalue weighted by molar-refractivity contribution is 5.16. The maximum absolute atomic E-state index is 5.24. The summed E-state index contributed by atoms with van der Waals surface area (Å²) < 4.78 is 3.98. The van der Waals surface area contributed by atoms with E-state index in [0.717, 1.165) is 12.2 Å². The number of hydrogen-bond acceptors (Lipinski definition) is 1. The summed E-state index contributed by atoms with van der Waals surface area (Å²) in [4.78, 5) is 5.24. The molecule has 3 nitrogen and oxygen atoms in total. The van der Waals surface area contributed by atoms with Gasteiger partial charge in [0.2, 0.25) is 0 Å². The summed E-state index contributed by atoms with van der Waals surface area (Å²) in [7, 11) is 1.68. The van der Waals surface area contributed by atoms with Crippen LogP contribution in [-0.4, -0.2) is 11.7 Å². The van der Waals surface area contributed by atoms with E-state index in [1.807, 2.05) is 12.4 Å². The molecular weight excluding hydrogens is 327 g/mol. The zero-order chi connectivity index (χ0) is 11.5. The van der Waals surface area contributed by atoms with Crippen LogP contribution in [0.5, 0.6) is 0 Å². The van der Waals surface area contributed by atoms with Crippen LogP contribution in [0.2, 0.25) is 0 Å². The lowest BCUT2D eigenvalue weighted by atomic mass is 10.2. The van der Waals surface area contributed by atoms with E-state index in [9.17, 15) is 0 Å². The summed E-state index contributed by atoms with van der Waals surface area (Å²) in [6.07, 6.45) is 1.98. The van der Waals surface area contributed by atoms with Crippen LogP contribution in [0.4, 0.5) is 0 Å². The highest BCUT2D eigenvalue weighted by atomic mass is 127. The molecule has 0 bridgehead atoms. The minimum atomic E-state index is 0. The zero-order valence-electron chi connectivity index (χ0n) is 10.4. The summed E-state index contributed by atoms with van der Waals surface area (Å²) in [6.45, 7) is 5.04. The van der Waals surface area contributed by atoms with Gasteiger partial charge in [0.15, 0.2) is 5.69 Å². The molecule has 0 aliphatic rings. The van der Waals surface area contributed by atoms with Gasteiger partial charge in [-0.2, -0.15) is 0 Å². The number of imidazole rings is 1. The fourth-order valence-corrected chi connectivity index (χ4v) is 1.79. The number of benzene rings is 1. The van der Waals surface area contributed by atoms with Crippen LogP contribution in [-0.2, 0) is 6.54 Å². The highest BCUT2D eigenvalue weighted by Crippen LogP contribution is 2.07. The average molecular weight is 344 g/mol. The molecule has 0 fully saturated rings. The maximum Gasteiger partial charge on any atom is 0.285 e. The summed E-state index contributed by atoms with van der Waals surface area (Å²) in [5.74, 6) is 0. The van der Waals surface area contributed by atoms with Gasteiger partial charge in [0.25, 0.3) is 6.33 Å². The van der Waals surface area contributed by atoms with E-state index in [1.54, 1.807) is 11.8 Å². The fourth-order valence-electron chi connectivity index (χ4n) is 1.79. The summed E-state index contributed by atoms with van der Waals surface area (Å²) in [5, 5.41) is 0. The van der Waals surface area contributed by atoms with Crippen molar-refractivity contribution in [3.05, 3.63) is 53.6 Å². The second kappa shape index (κ2) is 6.05. The maximum atomic E-state index is 5.24. The Kier molecular flexibility index (Phi) is 4.99. The molecule has 1 aromatic carbocycles. The van der Waals surface area contributed by atoms with Crippen molar-refractivity contribution >= 4 is 0 Å². The predicted molar refractivity (Wildman–Crippen MR) is 62.1 cm³/mol. The standard InChI is InChI=1S/C13H17N2O.HI/c1-11-12(2)15(16-3)10-14(11)9-13-7-5-4-6-8-13;/h4-8,10H,9H2,1-3H3;1H/q+1;/p-1. The lowest BCUT2D eigenvalue weighted by molar-refractivity contribution is -0.889.